The summed E-state index contributed by atoms with van der Waals surface area (Å²) in [5.74, 6) is 0. The summed E-state index contributed by atoms with van der Waals surface area (Å²) in [7, 11) is 0. The highest BCUT2D eigenvalue weighted by Crippen LogP contribution is 2.43. The minimum Gasteiger partial charge on any atom is -0.444 e. The highest BCUT2D eigenvalue weighted by Gasteiger charge is 2.40. The van der Waals surface area contributed by atoms with Crippen LogP contribution in [-0.2, 0) is 15.6 Å². The Labute approximate surface area is 294 Å². The number of hydrogen-bond acceptors (Lipinski definition) is 6. The highest BCUT2D eigenvalue weighted by molar-refractivity contribution is 6.30. The maximum absolute atomic E-state index is 12.4. The van der Waals surface area contributed by atoms with Gasteiger partial charge in [0, 0.05) is 65.5 Å². The van der Waals surface area contributed by atoms with Crippen LogP contribution in [0.1, 0.15) is 68.7 Å². The lowest BCUT2D eigenvalue weighted by atomic mass is 9.68. The summed E-state index contributed by atoms with van der Waals surface area (Å²) in [5.41, 5.74) is 6.97. The minimum atomic E-state index is -0.479. The second-order valence-corrected chi connectivity index (χ2v) is 14.4. The van der Waals surface area contributed by atoms with Crippen LogP contribution < -0.4 is 5.32 Å². The van der Waals surface area contributed by atoms with E-state index in [2.05, 4.69) is 86.1 Å². The first-order chi connectivity index (χ1) is 23.7. The third-order valence-corrected chi connectivity index (χ3v) is 10.1. The quantitative estimate of drug-likeness (QED) is 0.195. The average Bonchev–Trinajstić information content (AvgIpc) is 3.68. The maximum atomic E-state index is 12.4. The van der Waals surface area contributed by atoms with Gasteiger partial charge in [0.1, 0.15) is 5.60 Å². The molecule has 2 fully saturated rings. The zero-order valence-corrected chi connectivity index (χ0v) is 29.3. The Balaban J connectivity index is 0.000000171. The van der Waals surface area contributed by atoms with Crippen LogP contribution in [0.5, 0.6) is 0 Å². The van der Waals surface area contributed by atoms with Crippen molar-refractivity contribution in [3.8, 4) is 11.1 Å². The first kappa shape index (κ1) is 34.3. The summed E-state index contributed by atoms with van der Waals surface area (Å²) in [5, 5.41) is 11.1. The van der Waals surface area contributed by atoms with Crippen LogP contribution in [0.15, 0.2) is 110 Å². The van der Waals surface area contributed by atoms with Gasteiger partial charge in [-0.15, -0.1) is 0 Å². The molecule has 0 radical (unpaired) electrons. The fraction of sp³-hybridized carbons (Fsp3) is 0.350. The Hall–Kier alpha value is -4.53. The van der Waals surface area contributed by atoms with Gasteiger partial charge in [-0.25, -0.2) is 4.79 Å². The molecule has 9 heteroatoms. The lowest BCUT2D eigenvalue weighted by molar-refractivity contribution is 0.0180. The number of aromatic nitrogens is 4. The third kappa shape index (κ3) is 7.87. The van der Waals surface area contributed by atoms with Crippen LogP contribution in [0.2, 0.25) is 5.02 Å². The van der Waals surface area contributed by atoms with Crippen LogP contribution in [0.4, 0.5) is 4.79 Å². The molecule has 8 nitrogen and oxygen atoms in total. The Kier molecular flexibility index (Phi) is 10.5. The number of benzene rings is 2. The molecule has 0 spiro atoms. The first-order valence-electron chi connectivity index (χ1n) is 17.0. The number of halogens is 1. The molecule has 2 aliphatic rings. The Morgan fingerprint density at radius 3 is 1.69 bits per heavy atom. The number of pyridine rings is 2. The van der Waals surface area contributed by atoms with Gasteiger partial charge < -0.3 is 15.0 Å². The van der Waals surface area contributed by atoms with Gasteiger partial charge in [-0.1, -0.05) is 48.0 Å². The van der Waals surface area contributed by atoms with Gasteiger partial charge in [-0.3, -0.25) is 15.1 Å². The Morgan fingerprint density at radius 2 is 1.20 bits per heavy atom. The predicted molar refractivity (Wildman–Crippen MR) is 195 cm³/mol. The lowest BCUT2D eigenvalue weighted by Gasteiger charge is -2.43. The van der Waals surface area contributed by atoms with Crippen molar-refractivity contribution in [3.05, 3.63) is 137 Å². The van der Waals surface area contributed by atoms with E-state index in [0.717, 1.165) is 49.4 Å². The predicted octanol–water partition coefficient (Wildman–Crippen LogP) is 8.19. The van der Waals surface area contributed by atoms with E-state index in [1.807, 2.05) is 70.1 Å². The number of H-pyrrole nitrogens is 1. The molecule has 0 aliphatic carbocycles. The smallest absolute Gasteiger partial charge is 0.410 e. The molecular weight excluding hydrogens is 632 g/mol. The summed E-state index contributed by atoms with van der Waals surface area (Å²) in [6.07, 6.45) is 14.9. The van der Waals surface area contributed by atoms with Crippen LogP contribution >= 0.6 is 11.6 Å². The van der Waals surface area contributed by atoms with Crippen molar-refractivity contribution < 1.29 is 9.53 Å². The molecule has 0 bridgehead atoms. The van der Waals surface area contributed by atoms with Crippen molar-refractivity contribution >= 4 is 17.7 Å². The van der Waals surface area contributed by atoms with E-state index in [1.54, 1.807) is 4.90 Å². The van der Waals surface area contributed by atoms with E-state index < -0.39 is 5.60 Å². The van der Waals surface area contributed by atoms with Crippen LogP contribution in [0, 0.1) is 0 Å². The molecule has 2 N–H and O–H groups in total. The van der Waals surface area contributed by atoms with Crippen LogP contribution in [0.25, 0.3) is 11.1 Å². The van der Waals surface area contributed by atoms with Gasteiger partial charge in [0.25, 0.3) is 0 Å². The molecule has 0 saturated carbocycles. The number of likely N-dealkylation sites (tertiary alicyclic amines) is 1. The molecule has 5 heterocycles. The van der Waals surface area contributed by atoms with Gasteiger partial charge >= 0.3 is 6.09 Å². The van der Waals surface area contributed by atoms with Gasteiger partial charge in [0.15, 0.2) is 0 Å². The monoisotopic (exact) mass is 676 g/mol. The van der Waals surface area contributed by atoms with Crippen molar-refractivity contribution in [1.82, 2.24) is 30.4 Å². The fourth-order valence-corrected chi connectivity index (χ4v) is 7.37. The zero-order valence-electron chi connectivity index (χ0n) is 28.5. The number of nitrogens with zero attached hydrogens (tertiary/aromatic N) is 4. The van der Waals surface area contributed by atoms with Gasteiger partial charge in [0.2, 0.25) is 0 Å². The van der Waals surface area contributed by atoms with Crippen LogP contribution in [0.3, 0.4) is 0 Å². The number of nitrogens with one attached hydrogen (secondary N) is 2. The van der Waals surface area contributed by atoms with E-state index in [9.17, 15) is 4.79 Å². The van der Waals surface area contributed by atoms with Crippen molar-refractivity contribution in [3.63, 3.8) is 0 Å². The normalized spacial score (nSPS) is 17.0. The van der Waals surface area contributed by atoms with Gasteiger partial charge in [0.05, 0.1) is 6.20 Å². The number of ether oxygens (including phenoxy) is 1. The largest absolute Gasteiger partial charge is 0.444 e. The molecule has 2 aromatic carbocycles. The molecule has 3 aromatic heterocycles. The van der Waals surface area contributed by atoms with Crippen molar-refractivity contribution in [2.75, 3.05) is 26.2 Å². The summed E-state index contributed by atoms with van der Waals surface area (Å²) in [6, 6.07) is 25.4. The first-order valence-corrected chi connectivity index (χ1v) is 17.4. The second kappa shape index (κ2) is 14.9. The molecule has 0 unspecified atom stereocenters. The van der Waals surface area contributed by atoms with Crippen molar-refractivity contribution in [2.24, 2.45) is 0 Å². The molecule has 49 heavy (non-hydrogen) atoms. The molecule has 5 aromatic rings. The number of hydrogen-bond donors (Lipinski definition) is 2. The van der Waals surface area contributed by atoms with Crippen LogP contribution in [-0.4, -0.2) is 62.9 Å². The number of piperidine rings is 2. The lowest BCUT2D eigenvalue weighted by Crippen LogP contribution is -2.47. The standard InChI is InChI=1S/C21H25ClN2O2.C19H20N4/c1-20(2,3)26-19(25)24-14-10-21(11-15-24,17-8-12-23-13-9-17)16-4-6-18(22)7-5-16;1-3-17(4-2-15(1)16-13-22-23-14-16)19(7-11-21-12-8-19)18-5-9-20-10-6-18/h4-9,12-13H,10-11,14-15H2,1-3H3;1-6,9-10,13-14,21H,7-8,11-12H2,(H,22,23). The SMILES string of the molecule is CC(C)(C)OC(=O)N1CCC(c2ccncc2)(c2ccc(Cl)cc2)CC1.c1cc(C2(c3ccc(-c4cn[nH]c4)cc3)CCNCC2)ccn1. The zero-order chi connectivity index (χ0) is 34.3. The number of carbonyl (C=O) groups is 1. The molecule has 0 atom stereocenters. The van der Waals surface area contributed by atoms with E-state index in [-0.39, 0.29) is 16.9 Å². The molecular formula is C40H45ClN6O2. The minimum absolute atomic E-state index is 0.0864. The number of carbonyl (C=O) groups excluding carboxylic acids is 1. The molecule has 7 rings (SSSR count). The molecule has 2 saturated heterocycles. The third-order valence-electron chi connectivity index (χ3n) is 9.86. The van der Waals surface area contributed by atoms with E-state index in [1.165, 1.54) is 27.8 Å². The van der Waals surface area contributed by atoms with E-state index in [4.69, 9.17) is 16.3 Å². The van der Waals surface area contributed by atoms with Crippen molar-refractivity contribution in [2.45, 2.75) is 62.9 Å². The summed E-state index contributed by atoms with van der Waals surface area (Å²) < 4.78 is 5.53. The molecule has 254 valence electrons. The Morgan fingerprint density at radius 1 is 0.714 bits per heavy atom. The van der Waals surface area contributed by atoms with E-state index in [0.29, 0.717) is 13.1 Å². The number of rotatable bonds is 5. The van der Waals surface area contributed by atoms with Crippen molar-refractivity contribution in [1.29, 1.82) is 0 Å². The van der Waals surface area contributed by atoms with E-state index >= 15 is 0 Å². The second-order valence-electron chi connectivity index (χ2n) is 13.9. The summed E-state index contributed by atoms with van der Waals surface area (Å²) in [6.45, 7) is 9.08. The maximum Gasteiger partial charge on any atom is 0.410 e. The number of amides is 1. The topological polar surface area (TPSA) is 96.0 Å². The van der Waals surface area contributed by atoms with Gasteiger partial charge in [-0.2, -0.15) is 5.10 Å². The average molecular weight is 677 g/mol. The summed E-state index contributed by atoms with van der Waals surface area (Å²) in [4.78, 5) is 22.6. The summed E-state index contributed by atoms with van der Waals surface area (Å²) >= 11 is 6.09. The van der Waals surface area contributed by atoms with Gasteiger partial charge in [-0.05, 0) is 124 Å². The number of aromatic amines is 1. The highest BCUT2D eigenvalue weighted by atomic mass is 35.5. The Bertz CT molecular complexity index is 1760. The fourth-order valence-electron chi connectivity index (χ4n) is 7.24. The molecule has 1 amide bonds. The molecule has 2 aliphatic heterocycles.